The number of carboxylic acid groups (broad SMARTS) is 1. The first kappa shape index (κ1) is 21.1. The molecule has 3 aromatic carbocycles. The van der Waals surface area contributed by atoms with Gasteiger partial charge < -0.3 is 15.3 Å². The van der Waals surface area contributed by atoms with Crippen LogP contribution in [0.3, 0.4) is 0 Å². The second-order valence-corrected chi connectivity index (χ2v) is 7.32. The predicted octanol–water partition coefficient (Wildman–Crippen LogP) is 3.76. The van der Waals surface area contributed by atoms with Gasteiger partial charge in [-0.2, -0.15) is 5.10 Å². The van der Waals surface area contributed by atoms with Crippen LogP contribution < -0.4 is 15.6 Å². The standard InChI is InChI=1S/C23H17FN4O3S/c24-15-10-11-19-18(12-15)20(26-27-23(32)25-16-7-2-1-3-8-16)21(29)28(19)13-14-6-4-5-9-17(14)22(30)31/h1-12H,13H2,(H,30,31)(H2,25,27,32)/b26-20-. The molecule has 0 spiro atoms. The number of hydrogen-bond acceptors (Lipinski definition) is 4. The van der Waals surface area contributed by atoms with Crippen molar-refractivity contribution in [3.63, 3.8) is 0 Å². The summed E-state index contributed by atoms with van der Waals surface area (Å²) in [5.41, 5.74) is 4.58. The van der Waals surface area contributed by atoms with Crippen molar-refractivity contribution in [3.8, 4) is 0 Å². The lowest BCUT2D eigenvalue weighted by atomic mass is 10.1. The summed E-state index contributed by atoms with van der Waals surface area (Å²) in [6, 6.07) is 19.5. The van der Waals surface area contributed by atoms with E-state index >= 15 is 0 Å². The van der Waals surface area contributed by atoms with Gasteiger partial charge >= 0.3 is 5.97 Å². The number of hydrazone groups is 1. The summed E-state index contributed by atoms with van der Waals surface area (Å²) in [6.45, 7) is -0.00826. The molecular weight excluding hydrogens is 431 g/mol. The number of nitrogens with one attached hydrogen (secondary N) is 2. The molecule has 32 heavy (non-hydrogen) atoms. The third-order valence-electron chi connectivity index (χ3n) is 4.83. The minimum Gasteiger partial charge on any atom is -0.478 e. The van der Waals surface area contributed by atoms with Gasteiger partial charge in [-0.1, -0.05) is 36.4 Å². The van der Waals surface area contributed by atoms with E-state index in [-0.39, 0.29) is 28.5 Å². The van der Waals surface area contributed by atoms with Crippen molar-refractivity contribution in [2.75, 3.05) is 10.2 Å². The van der Waals surface area contributed by atoms with Gasteiger partial charge in [-0.05, 0) is 54.2 Å². The number of rotatable bonds is 5. The van der Waals surface area contributed by atoms with Crippen molar-refractivity contribution in [2.45, 2.75) is 6.54 Å². The van der Waals surface area contributed by atoms with Crippen LogP contribution in [0.1, 0.15) is 21.5 Å². The van der Waals surface area contributed by atoms with Crippen LogP contribution in [-0.2, 0) is 11.3 Å². The molecule has 4 rings (SSSR count). The Hall–Kier alpha value is -4.11. The average molecular weight is 448 g/mol. The molecule has 0 saturated carbocycles. The van der Waals surface area contributed by atoms with E-state index in [9.17, 15) is 19.1 Å². The number of fused-ring (bicyclic) bond motifs is 1. The molecule has 0 atom stereocenters. The Labute approximate surface area is 188 Å². The summed E-state index contributed by atoms with van der Waals surface area (Å²) in [5.74, 6) is -2.12. The molecule has 3 aromatic rings. The van der Waals surface area contributed by atoms with Crippen molar-refractivity contribution in [3.05, 3.63) is 95.3 Å². The van der Waals surface area contributed by atoms with Crippen LogP contribution in [0.25, 0.3) is 0 Å². The van der Waals surface area contributed by atoms with Gasteiger partial charge in [0.2, 0.25) is 0 Å². The molecule has 7 nitrogen and oxygen atoms in total. The predicted molar refractivity (Wildman–Crippen MR) is 123 cm³/mol. The molecule has 0 fully saturated rings. The first-order valence-electron chi connectivity index (χ1n) is 9.57. The third-order valence-corrected chi connectivity index (χ3v) is 5.02. The van der Waals surface area contributed by atoms with Crippen molar-refractivity contribution in [2.24, 2.45) is 5.10 Å². The Balaban J connectivity index is 1.62. The van der Waals surface area contributed by atoms with Crippen LogP contribution in [0.2, 0.25) is 0 Å². The van der Waals surface area contributed by atoms with Crippen LogP contribution in [0.15, 0.2) is 77.9 Å². The number of halogens is 1. The van der Waals surface area contributed by atoms with Gasteiger partial charge in [-0.3, -0.25) is 10.2 Å². The highest BCUT2D eigenvalue weighted by atomic mass is 32.1. The number of amides is 1. The third kappa shape index (κ3) is 4.33. The maximum atomic E-state index is 14.0. The lowest BCUT2D eigenvalue weighted by Gasteiger charge is -2.18. The second-order valence-electron chi connectivity index (χ2n) is 6.91. The van der Waals surface area contributed by atoms with Crippen molar-refractivity contribution >= 4 is 46.3 Å². The largest absolute Gasteiger partial charge is 0.478 e. The monoisotopic (exact) mass is 448 g/mol. The van der Waals surface area contributed by atoms with Gasteiger partial charge in [0.15, 0.2) is 10.8 Å². The molecule has 1 amide bonds. The molecule has 0 aromatic heterocycles. The molecule has 1 heterocycles. The van der Waals surface area contributed by atoms with Crippen LogP contribution >= 0.6 is 12.2 Å². The van der Waals surface area contributed by atoms with E-state index in [0.717, 1.165) is 5.69 Å². The Morgan fingerprint density at radius 1 is 1.06 bits per heavy atom. The number of benzene rings is 3. The zero-order valence-corrected chi connectivity index (χ0v) is 17.4. The van der Waals surface area contributed by atoms with Crippen molar-refractivity contribution in [1.82, 2.24) is 5.43 Å². The zero-order chi connectivity index (χ0) is 22.7. The lowest BCUT2D eigenvalue weighted by Crippen LogP contribution is -2.32. The van der Waals surface area contributed by atoms with E-state index < -0.39 is 17.7 Å². The van der Waals surface area contributed by atoms with Crippen LogP contribution in [-0.4, -0.2) is 27.8 Å². The number of para-hydroxylation sites is 1. The minimum atomic E-state index is -1.10. The minimum absolute atomic E-state index is 0.00826. The lowest BCUT2D eigenvalue weighted by molar-refractivity contribution is -0.112. The Morgan fingerprint density at radius 2 is 1.78 bits per heavy atom. The zero-order valence-electron chi connectivity index (χ0n) is 16.6. The first-order chi connectivity index (χ1) is 15.4. The normalized spacial score (nSPS) is 13.7. The highest BCUT2D eigenvalue weighted by Gasteiger charge is 2.35. The fourth-order valence-electron chi connectivity index (χ4n) is 3.38. The number of carbonyl (C=O) groups excluding carboxylic acids is 1. The summed E-state index contributed by atoms with van der Waals surface area (Å²) in [7, 11) is 0. The van der Waals surface area contributed by atoms with E-state index in [2.05, 4.69) is 15.8 Å². The van der Waals surface area contributed by atoms with Gasteiger partial charge in [0, 0.05) is 11.3 Å². The smallest absolute Gasteiger partial charge is 0.336 e. The van der Waals surface area contributed by atoms with Crippen LogP contribution in [0.4, 0.5) is 15.8 Å². The van der Waals surface area contributed by atoms with E-state index in [1.54, 1.807) is 18.2 Å². The average Bonchev–Trinajstić information content (AvgIpc) is 3.03. The second kappa shape index (κ2) is 8.94. The molecule has 160 valence electrons. The van der Waals surface area contributed by atoms with Crippen LogP contribution in [0, 0.1) is 5.82 Å². The van der Waals surface area contributed by atoms with Crippen LogP contribution in [0.5, 0.6) is 0 Å². The van der Waals surface area contributed by atoms with Gasteiger partial charge in [0.25, 0.3) is 5.91 Å². The molecule has 0 aliphatic carbocycles. The summed E-state index contributed by atoms with van der Waals surface area (Å²) in [6.07, 6.45) is 0. The number of carbonyl (C=O) groups is 2. The fraction of sp³-hybridized carbons (Fsp3) is 0.0435. The van der Waals surface area contributed by atoms with Gasteiger partial charge in [-0.25, -0.2) is 9.18 Å². The molecule has 0 saturated heterocycles. The van der Waals surface area contributed by atoms with E-state index in [4.69, 9.17) is 12.2 Å². The van der Waals surface area contributed by atoms with Crippen molar-refractivity contribution in [1.29, 1.82) is 0 Å². The number of thiocarbonyl (C=S) groups is 1. The summed E-state index contributed by atoms with van der Waals surface area (Å²) < 4.78 is 14.0. The molecule has 3 N–H and O–H groups in total. The fourth-order valence-corrected chi connectivity index (χ4v) is 3.54. The number of hydrogen-bond donors (Lipinski definition) is 3. The summed E-state index contributed by atoms with van der Waals surface area (Å²) in [5, 5.41) is 16.7. The highest BCUT2D eigenvalue weighted by Crippen LogP contribution is 2.32. The summed E-state index contributed by atoms with van der Waals surface area (Å²) >= 11 is 5.22. The van der Waals surface area contributed by atoms with Gasteiger partial charge in [0.1, 0.15) is 5.82 Å². The quantitative estimate of drug-likeness (QED) is 0.407. The van der Waals surface area contributed by atoms with Gasteiger partial charge in [0.05, 0.1) is 17.8 Å². The topological polar surface area (TPSA) is 94.0 Å². The molecule has 9 heteroatoms. The van der Waals surface area contributed by atoms with Gasteiger partial charge in [-0.15, -0.1) is 0 Å². The SMILES string of the molecule is O=C(O)c1ccccc1CN1C(=O)/C(=N\NC(=S)Nc2ccccc2)c2cc(F)ccc21. The maximum absolute atomic E-state index is 14.0. The van der Waals surface area contributed by atoms with Crippen molar-refractivity contribution < 1.29 is 19.1 Å². The number of aromatic carboxylic acids is 1. The maximum Gasteiger partial charge on any atom is 0.336 e. The molecule has 0 unspecified atom stereocenters. The molecule has 1 aliphatic rings. The highest BCUT2D eigenvalue weighted by molar-refractivity contribution is 7.80. The first-order valence-corrected chi connectivity index (χ1v) is 9.97. The molecular formula is C23H17FN4O3S. The molecule has 0 radical (unpaired) electrons. The number of nitrogens with zero attached hydrogens (tertiary/aromatic N) is 2. The summed E-state index contributed by atoms with van der Waals surface area (Å²) in [4.78, 5) is 26.1. The Bertz CT molecular complexity index is 1250. The Kier molecular flexibility index (Phi) is 5.91. The van der Waals surface area contributed by atoms with E-state index in [1.807, 2.05) is 30.3 Å². The molecule has 1 aliphatic heterocycles. The van der Waals surface area contributed by atoms with E-state index in [1.165, 1.54) is 29.2 Å². The van der Waals surface area contributed by atoms with E-state index in [0.29, 0.717) is 11.3 Å². The Morgan fingerprint density at radius 3 is 2.53 bits per heavy atom. The molecule has 0 bridgehead atoms. The number of carboxylic acids is 1. The number of anilines is 2.